The predicted octanol–water partition coefficient (Wildman–Crippen LogP) is 1.90. The topological polar surface area (TPSA) is 12.5 Å². The Hall–Kier alpha value is -0.0800. The molecule has 0 aromatic rings. The van der Waals surface area contributed by atoms with Gasteiger partial charge in [-0.3, -0.25) is 4.90 Å². The summed E-state index contributed by atoms with van der Waals surface area (Å²) >= 11 is 0. The monoisotopic (exact) mass is 171 g/mol. The molecule has 1 heterocycles. The van der Waals surface area contributed by atoms with Crippen molar-refractivity contribution in [3.8, 4) is 0 Å². The molecular weight excluding hydrogens is 150 g/mol. The number of ether oxygens (including phenoxy) is 1. The van der Waals surface area contributed by atoms with E-state index in [0.717, 1.165) is 12.6 Å². The largest absolute Gasteiger partial charge is 0.383 e. The molecular formula is C10H21NO. The Kier molecular flexibility index (Phi) is 4.02. The van der Waals surface area contributed by atoms with E-state index in [9.17, 15) is 0 Å². The predicted molar refractivity (Wildman–Crippen MR) is 51.4 cm³/mol. The molecule has 1 rings (SSSR count). The van der Waals surface area contributed by atoms with Gasteiger partial charge in [0.1, 0.15) is 0 Å². The standard InChI is InChI=1S/C10H21NO/c1-4-9(2)11-7-5-6-10(11)8-12-3/h9-10H,4-8H2,1-3H3. The van der Waals surface area contributed by atoms with Crippen LogP contribution in [0.2, 0.25) is 0 Å². The molecule has 0 aromatic heterocycles. The van der Waals surface area contributed by atoms with Gasteiger partial charge in [0.2, 0.25) is 0 Å². The van der Waals surface area contributed by atoms with E-state index in [1.54, 1.807) is 7.11 Å². The second kappa shape index (κ2) is 4.83. The van der Waals surface area contributed by atoms with Gasteiger partial charge in [-0.2, -0.15) is 0 Å². The summed E-state index contributed by atoms with van der Waals surface area (Å²) in [4.78, 5) is 2.59. The molecule has 0 aromatic carbocycles. The first-order chi connectivity index (χ1) is 5.79. The Labute approximate surface area is 75.9 Å². The lowest BCUT2D eigenvalue weighted by Crippen LogP contribution is -2.39. The van der Waals surface area contributed by atoms with Crippen LogP contribution in [0.1, 0.15) is 33.1 Å². The molecule has 2 atom stereocenters. The van der Waals surface area contributed by atoms with E-state index in [4.69, 9.17) is 4.74 Å². The summed E-state index contributed by atoms with van der Waals surface area (Å²) in [5, 5.41) is 0. The summed E-state index contributed by atoms with van der Waals surface area (Å²) < 4.78 is 5.21. The Bertz CT molecular complexity index is 127. The molecule has 2 nitrogen and oxygen atoms in total. The van der Waals surface area contributed by atoms with E-state index in [1.165, 1.54) is 25.8 Å². The van der Waals surface area contributed by atoms with Crippen LogP contribution in [-0.2, 0) is 4.74 Å². The van der Waals surface area contributed by atoms with Crippen molar-refractivity contribution in [1.29, 1.82) is 0 Å². The van der Waals surface area contributed by atoms with Gasteiger partial charge in [-0.1, -0.05) is 6.92 Å². The SMILES string of the molecule is CCC(C)N1CCCC1COC. The highest BCUT2D eigenvalue weighted by Gasteiger charge is 2.26. The van der Waals surface area contributed by atoms with Gasteiger partial charge in [-0.15, -0.1) is 0 Å². The van der Waals surface area contributed by atoms with Crippen molar-refractivity contribution in [3.63, 3.8) is 0 Å². The molecule has 2 unspecified atom stereocenters. The van der Waals surface area contributed by atoms with Gasteiger partial charge in [-0.25, -0.2) is 0 Å². The molecule has 12 heavy (non-hydrogen) atoms. The maximum absolute atomic E-state index is 5.21. The zero-order valence-electron chi connectivity index (χ0n) is 8.55. The van der Waals surface area contributed by atoms with E-state index in [0.29, 0.717) is 6.04 Å². The summed E-state index contributed by atoms with van der Waals surface area (Å²) in [6.45, 7) is 6.74. The van der Waals surface area contributed by atoms with Crippen LogP contribution in [0.5, 0.6) is 0 Å². The minimum absolute atomic E-state index is 0.685. The normalized spacial score (nSPS) is 27.8. The molecule has 0 N–H and O–H groups in total. The average molecular weight is 171 g/mol. The third-order valence-electron chi connectivity index (χ3n) is 2.94. The van der Waals surface area contributed by atoms with Crippen LogP contribution in [0.3, 0.4) is 0 Å². The van der Waals surface area contributed by atoms with Crippen molar-refractivity contribution in [1.82, 2.24) is 4.90 Å². The molecule has 1 fully saturated rings. The Morgan fingerprint density at radius 3 is 2.92 bits per heavy atom. The molecule has 1 aliphatic heterocycles. The minimum Gasteiger partial charge on any atom is -0.383 e. The third-order valence-corrected chi connectivity index (χ3v) is 2.94. The lowest BCUT2D eigenvalue weighted by molar-refractivity contribution is 0.0925. The number of rotatable bonds is 4. The number of methoxy groups -OCH3 is 1. The van der Waals surface area contributed by atoms with E-state index in [-0.39, 0.29) is 0 Å². The lowest BCUT2D eigenvalue weighted by Gasteiger charge is -2.29. The Morgan fingerprint density at radius 2 is 2.33 bits per heavy atom. The Balaban J connectivity index is 2.40. The molecule has 72 valence electrons. The number of likely N-dealkylation sites (tertiary alicyclic amines) is 1. The maximum atomic E-state index is 5.21. The number of hydrogen-bond donors (Lipinski definition) is 0. The molecule has 1 aliphatic rings. The van der Waals surface area contributed by atoms with Crippen LogP contribution < -0.4 is 0 Å². The quantitative estimate of drug-likeness (QED) is 0.640. The van der Waals surface area contributed by atoms with Crippen LogP contribution in [0.4, 0.5) is 0 Å². The number of hydrogen-bond acceptors (Lipinski definition) is 2. The van der Waals surface area contributed by atoms with Gasteiger partial charge in [0, 0.05) is 19.2 Å². The minimum atomic E-state index is 0.685. The highest BCUT2D eigenvalue weighted by atomic mass is 16.5. The highest BCUT2D eigenvalue weighted by molar-refractivity contribution is 4.82. The third kappa shape index (κ3) is 2.20. The molecule has 0 bridgehead atoms. The first kappa shape index (κ1) is 10.0. The molecule has 0 saturated carbocycles. The Morgan fingerprint density at radius 1 is 1.58 bits per heavy atom. The van der Waals surface area contributed by atoms with Gasteiger partial charge >= 0.3 is 0 Å². The van der Waals surface area contributed by atoms with E-state index < -0.39 is 0 Å². The van der Waals surface area contributed by atoms with Crippen molar-refractivity contribution in [2.24, 2.45) is 0 Å². The van der Waals surface area contributed by atoms with Gasteiger partial charge in [0.25, 0.3) is 0 Å². The summed E-state index contributed by atoms with van der Waals surface area (Å²) in [5.74, 6) is 0. The first-order valence-corrected chi connectivity index (χ1v) is 5.04. The van der Waals surface area contributed by atoms with E-state index in [1.807, 2.05) is 0 Å². The van der Waals surface area contributed by atoms with Crippen LogP contribution in [0, 0.1) is 0 Å². The second-order valence-corrected chi connectivity index (χ2v) is 3.75. The highest BCUT2D eigenvalue weighted by Crippen LogP contribution is 2.21. The van der Waals surface area contributed by atoms with Crippen molar-refractivity contribution in [2.45, 2.75) is 45.2 Å². The smallest absolute Gasteiger partial charge is 0.0618 e. The van der Waals surface area contributed by atoms with Gasteiger partial charge < -0.3 is 4.74 Å². The molecule has 2 heteroatoms. The van der Waals surface area contributed by atoms with Crippen LogP contribution in [0.15, 0.2) is 0 Å². The lowest BCUT2D eigenvalue weighted by atomic mass is 10.2. The van der Waals surface area contributed by atoms with Crippen molar-refractivity contribution < 1.29 is 4.74 Å². The fourth-order valence-electron chi connectivity index (χ4n) is 2.04. The molecule has 0 spiro atoms. The van der Waals surface area contributed by atoms with Gasteiger partial charge in [0.05, 0.1) is 6.61 Å². The zero-order chi connectivity index (χ0) is 8.97. The van der Waals surface area contributed by atoms with Crippen LogP contribution in [0.25, 0.3) is 0 Å². The van der Waals surface area contributed by atoms with Crippen molar-refractivity contribution in [3.05, 3.63) is 0 Å². The van der Waals surface area contributed by atoms with Crippen molar-refractivity contribution in [2.75, 3.05) is 20.3 Å². The van der Waals surface area contributed by atoms with Gasteiger partial charge in [-0.05, 0) is 32.7 Å². The van der Waals surface area contributed by atoms with Crippen LogP contribution >= 0.6 is 0 Å². The van der Waals surface area contributed by atoms with Gasteiger partial charge in [0.15, 0.2) is 0 Å². The summed E-state index contributed by atoms with van der Waals surface area (Å²) in [7, 11) is 1.80. The average Bonchev–Trinajstić information content (AvgIpc) is 2.52. The molecule has 0 amide bonds. The fraction of sp³-hybridized carbons (Fsp3) is 1.00. The maximum Gasteiger partial charge on any atom is 0.0618 e. The summed E-state index contributed by atoms with van der Waals surface area (Å²) in [5.41, 5.74) is 0. The number of nitrogens with zero attached hydrogens (tertiary/aromatic N) is 1. The second-order valence-electron chi connectivity index (χ2n) is 3.75. The summed E-state index contributed by atoms with van der Waals surface area (Å²) in [6.07, 6.45) is 3.91. The molecule has 1 saturated heterocycles. The van der Waals surface area contributed by atoms with Crippen molar-refractivity contribution >= 4 is 0 Å². The molecule has 0 aliphatic carbocycles. The molecule has 0 radical (unpaired) electrons. The van der Waals surface area contributed by atoms with E-state index >= 15 is 0 Å². The first-order valence-electron chi connectivity index (χ1n) is 5.04. The van der Waals surface area contributed by atoms with E-state index in [2.05, 4.69) is 18.7 Å². The fourth-order valence-corrected chi connectivity index (χ4v) is 2.04. The van der Waals surface area contributed by atoms with Crippen LogP contribution in [-0.4, -0.2) is 37.2 Å². The summed E-state index contributed by atoms with van der Waals surface area (Å²) in [6, 6.07) is 1.41. The zero-order valence-corrected chi connectivity index (χ0v) is 8.55.